The highest BCUT2D eigenvalue weighted by molar-refractivity contribution is 6.08. The second-order valence-electron chi connectivity index (χ2n) is 9.22. The predicted octanol–water partition coefficient (Wildman–Crippen LogP) is 2.94. The SMILES string of the molecule is Cc1cc(N2CCN(C)CC2)ccc1NC(=O)c1c(Nc2cnc3c(c2C)NCCO3)cc[nH]c1=O. The van der Waals surface area contributed by atoms with Crippen LogP contribution < -0.4 is 31.1 Å². The van der Waals surface area contributed by atoms with Gasteiger partial charge in [0.2, 0.25) is 5.88 Å². The van der Waals surface area contributed by atoms with Gasteiger partial charge in [-0.25, -0.2) is 4.98 Å². The summed E-state index contributed by atoms with van der Waals surface area (Å²) in [5.74, 6) is 0.0588. The molecule has 4 N–H and O–H groups in total. The number of aromatic nitrogens is 2. The van der Waals surface area contributed by atoms with Gasteiger partial charge >= 0.3 is 0 Å². The maximum absolute atomic E-state index is 13.3. The summed E-state index contributed by atoms with van der Waals surface area (Å²) in [7, 11) is 2.13. The lowest BCUT2D eigenvalue weighted by molar-refractivity contribution is 0.102. The van der Waals surface area contributed by atoms with E-state index in [0.29, 0.717) is 36.1 Å². The van der Waals surface area contributed by atoms with E-state index in [1.54, 1.807) is 12.3 Å². The van der Waals surface area contributed by atoms with Crippen LogP contribution in [-0.2, 0) is 0 Å². The summed E-state index contributed by atoms with van der Waals surface area (Å²) in [5.41, 5.74) is 5.02. The lowest BCUT2D eigenvalue weighted by Crippen LogP contribution is -2.44. The van der Waals surface area contributed by atoms with Gasteiger partial charge in [0, 0.05) is 55.9 Å². The van der Waals surface area contributed by atoms with Crippen molar-refractivity contribution in [1.82, 2.24) is 14.9 Å². The van der Waals surface area contributed by atoms with Crippen LogP contribution in [-0.4, -0.2) is 67.2 Å². The fourth-order valence-electron chi connectivity index (χ4n) is 4.53. The van der Waals surface area contributed by atoms with Gasteiger partial charge in [0.05, 0.1) is 17.6 Å². The molecule has 5 rings (SSSR count). The first-order valence-electron chi connectivity index (χ1n) is 12.1. The molecular weight excluding hydrogens is 458 g/mol. The van der Waals surface area contributed by atoms with Crippen LogP contribution >= 0.6 is 0 Å². The van der Waals surface area contributed by atoms with E-state index in [1.807, 2.05) is 26.0 Å². The maximum Gasteiger partial charge on any atom is 0.263 e. The molecular formula is C26H31N7O3. The summed E-state index contributed by atoms with van der Waals surface area (Å²) in [6.45, 7) is 9.11. The van der Waals surface area contributed by atoms with Gasteiger partial charge in [0.1, 0.15) is 17.9 Å². The zero-order valence-electron chi connectivity index (χ0n) is 20.8. The summed E-state index contributed by atoms with van der Waals surface area (Å²) in [6, 6.07) is 7.66. The zero-order chi connectivity index (χ0) is 25.2. The first kappa shape index (κ1) is 23.7. The quantitative estimate of drug-likeness (QED) is 0.433. The molecule has 2 aromatic heterocycles. The maximum atomic E-state index is 13.3. The predicted molar refractivity (Wildman–Crippen MR) is 142 cm³/mol. The van der Waals surface area contributed by atoms with Crippen LogP contribution in [0.1, 0.15) is 21.5 Å². The van der Waals surface area contributed by atoms with Gasteiger partial charge in [-0.2, -0.15) is 0 Å². The Labute approximate surface area is 209 Å². The summed E-state index contributed by atoms with van der Waals surface area (Å²) in [4.78, 5) is 37.7. The third-order valence-electron chi connectivity index (χ3n) is 6.73. The minimum Gasteiger partial charge on any atom is -0.474 e. The summed E-state index contributed by atoms with van der Waals surface area (Å²) < 4.78 is 5.59. The van der Waals surface area contributed by atoms with Crippen LogP contribution in [0.4, 0.5) is 28.4 Å². The monoisotopic (exact) mass is 489 g/mol. The molecule has 0 atom stereocenters. The highest BCUT2D eigenvalue weighted by Gasteiger charge is 2.21. The number of rotatable bonds is 5. The third kappa shape index (κ3) is 4.72. The first-order valence-corrected chi connectivity index (χ1v) is 12.1. The number of aromatic amines is 1. The Morgan fingerprint density at radius 2 is 1.89 bits per heavy atom. The number of fused-ring (bicyclic) bond motifs is 1. The van der Waals surface area contributed by atoms with Crippen LogP contribution in [0.15, 0.2) is 41.5 Å². The van der Waals surface area contributed by atoms with Crippen molar-refractivity contribution in [3.8, 4) is 5.88 Å². The molecule has 2 aliphatic heterocycles. The molecule has 4 heterocycles. The van der Waals surface area contributed by atoms with E-state index in [9.17, 15) is 9.59 Å². The van der Waals surface area contributed by atoms with Gasteiger partial charge in [0.15, 0.2) is 0 Å². The van der Waals surface area contributed by atoms with Crippen molar-refractivity contribution in [1.29, 1.82) is 0 Å². The number of H-pyrrole nitrogens is 1. The molecule has 2 aliphatic rings. The van der Waals surface area contributed by atoms with E-state index in [1.165, 1.54) is 6.20 Å². The summed E-state index contributed by atoms with van der Waals surface area (Å²) in [5, 5.41) is 9.44. The number of benzene rings is 1. The number of hydrogen-bond donors (Lipinski definition) is 4. The molecule has 188 valence electrons. The number of carbonyl (C=O) groups is 1. The number of hydrogen-bond acceptors (Lipinski definition) is 8. The smallest absolute Gasteiger partial charge is 0.263 e. The average molecular weight is 490 g/mol. The van der Waals surface area contributed by atoms with Gasteiger partial charge in [-0.3, -0.25) is 9.59 Å². The second kappa shape index (κ2) is 9.90. The molecule has 10 heteroatoms. The van der Waals surface area contributed by atoms with Crippen LogP contribution in [0.5, 0.6) is 5.88 Å². The summed E-state index contributed by atoms with van der Waals surface area (Å²) >= 11 is 0. The van der Waals surface area contributed by atoms with Gasteiger partial charge in [-0.15, -0.1) is 0 Å². The standard InChI is InChI=1S/C26H31N7O3/c1-16-14-18(33-11-9-32(3)10-12-33)4-5-19(16)31-25(35)22-20(6-7-28-24(22)34)30-21-15-29-26-23(17(21)2)27-8-13-36-26/h4-7,14-15,27H,8-13H2,1-3H3,(H,31,35)(H2,28,30,34). The lowest BCUT2D eigenvalue weighted by atomic mass is 10.1. The van der Waals surface area contributed by atoms with Gasteiger partial charge in [-0.05, 0) is 50.7 Å². The van der Waals surface area contributed by atoms with Crippen molar-refractivity contribution in [3.05, 3.63) is 63.7 Å². The largest absolute Gasteiger partial charge is 0.474 e. The number of nitrogens with one attached hydrogen (secondary N) is 4. The first-order chi connectivity index (χ1) is 17.4. The third-order valence-corrected chi connectivity index (χ3v) is 6.73. The number of carbonyl (C=O) groups excluding carboxylic acids is 1. The Bertz CT molecular complexity index is 1350. The number of likely N-dealkylation sites (N-methyl/N-ethyl adjacent to an activating group) is 1. The van der Waals surface area contributed by atoms with Crippen molar-refractivity contribution in [3.63, 3.8) is 0 Å². The molecule has 1 aromatic carbocycles. The van der Waals surface area contributed by atoms with E-state index in [-0.39, 0.29) is 5.56 Å². The molecule has 0 aliphatic carbocycles. The van der Waals surface area contributed by atoms with Crippen molar-refractivity contribution in [2.75, 3.05) is 67.2 Å². The molecule has 0 radical (unpaired) electrons. The number of ether oxygens (including phenoxy) is 1. The molecule has 0 spiro atoms. The molecule has 10 nitrogen and oxygen atoms in total. The number of pyridine rings is 2. The average Bonchev–Trinajstić information content (AvgIpc) is 2.87. The molecule has 0 unspecified atom stereocenters. The number of nitrogens with zero attached hydrogens (tertiary/aromatic N) is 3. The number of anilines is 5. The molecule has 36 heavy (non-hydrogen) atoms. The van der Waals surface area contributed by atoms with Crippen molar-refractivity contribution in [2.45, 2.75) is 13.8 Å². The Morgan fingerprint density at radius 1 is 1.08 bits per heavy atom. The molecule has 1 amide bonds. The minimum absolute atomic E-state index is 0.00127. The molecule has 1 saturated heterocycles. The van der Waals surface area contributed by atoms with E-state index < -0.39 is 11.5 Å². The number of piperazine rings is 1. The van der Waals surface area contributed by atoms with Gasteiger partial charge in [-0.1, -0.05) is 0 Å². The minimum atomic E-state index is -0.486. The van der Waals surface area contributed by atoms with Crippen LogP contribution in [0.2, 0.25) is 0 Å². The zero-order valence-corrected chi connectivity index (χ0v) is 20.8. The Hall–Kier alpha value is -4.05. The van der Waals surface area contributed by atoms with Crippen molar-refractivity contribution < 1.29 is 9.53 Å². The Kier molecular flexibility index (Phi) is 6.51. The molecule has 0 saturated carbocycles. The Morgan fingerprint density at radius 3 is 2.67 bits per heavy atom. The van der Waals surface area contributed by atoms with Gasteiger partial charge in [0.25, 0.3) is 11.5 Å². The van der Waals surface area contributed by atoms with E-state index in [4.69, 9.17) is 4.74 Å². The van der Waals surface area contributed by atoms with E-state index in [2.05, 4.69) is 48.8 Å². The molecule has 0 bridgehead atoms. The molecule has 3 aromatic rings. The highest BCUT2D eigenvalue weighted by Crippen LogP contribution is 2.34. The normalized spacial score (nSPS) is 15.5. The van der Waals surface area contributed by atoms with Crippen LogP contribution in [0.3, 0.4) is 0 Å². The Balaban J connectivity index is 1.37. The van der Waals surface area contributed by atoms with Crippen molar-refractivity contribution in [2.24, 2.45) is 0 Å². The topological polar surface area (TPSA) is 115 Å². The lowest BCUT2D eigenvalue weighted by Gasteiger charge is -2.34. The fourth-order valence-corrected chi connectivity index (χ4v) is 4.53. The van der Waals surface area contributed by atoms with E-state index >= 15 is 0 Å². The number of aryl methyl sites for hydroxylation is 1. The molecule has 1 fully saturated rings. The van der Waals surface area contributed by atoms with Gasteiger partial charge < -0.3 is 35.5 Å². The van der Waals surface area contributed by atoms with Crippen molar-refractivity contribution >= 4 is 34.3 Å². The number of amides is 1. The van der Waals surface area contributed by atoms with Crippen LogP contribution in [0.25, 0.3) is 0 Å². The summed E-state index contributed by atoms with van der Waals surface area (Å²) in [6.07, 6.45) is 3.16. The second-order valence-corrected chi connectivity index (χ2v) is 9.22. The fraction of sp³-hybridized carbons (Fsp3) is 0.346. The highest BCUT2D eigenvalue weighted by atomic mass is 16.5. The van der Waals surface area contributed by atoms with Crippen LogP contribution in [0, 0.1) is 13.8 Å². The van der Waals surface area contributed by atoms with E-state index in [0.717, 1.165) is 48.7 Å².